The largest absolute Gasteiger partial charge is 0.304 e. The number of nitrogens with zero attached hydrogens (tertiary/aromatic N) is 2. The van der Waals surface area contributed by atoms with Crippen LogP contribution in [0.15, 0.2) is 40.2 Å². The van der Waals surface area contributed by atoms with Gasteiger partial charge in [-0.3, -0.25) is 9.79 Å². The van der Waals surface area contributed by atoms with Crippen molar-refractivity contribution in [2.45, 2.75) is 51.6 Å². The van der Waals surface area contributed by atoms with Crippen LogP contribution in [0.1, 0.15) is 33.4 Å². The summed E-state index contributed by atoms with van der Waals surface area (Å²) in [7, 11) is -3.91. The van der Waals surface area contributed by atoms with Crippen LogP contribution in [0.5, 0.6) is 0 Å². The summed E-state index contributed by atoms with van der Waals surface area (Å²) in [6, 6.07) is 8.91. The lowest BCUT2D eigenvalue weighted by atomic mass is 9.95. The lowest BCUT2D eigenvalue weighted by Gasteiger charge is -2.36. The first kappa shape index (κ1) is 22.0. The molecule has 1 atom stereocenters. The maximum absolute atomic E-state index is 14.0. The summed E-state index contributed by atoms with van der Waals surface area (Å²) in [6.07, 6.45) is 0.335. The Morgan fingerprint density at radius 2 is 1.74 bits per heavy atom. The number of nitrogens with one attached hydrogen (secondary N) is 1. The van der Waals surface area contributed by atoms with E-state index in [1.807, 2.05) is 58.0 Å². The van der Waals surface area contributed by atoms with Crippen LogP contribution in [0.25, 0.3) is 0 Å². The van der Waals surface area contributed by atoms with Crippen molar-refractivity contribution in [3.8, 4) is 0 Å². The van der Waals surface area contributed by atoms with Gasteiger partial charge in [0.15, 0.2) is 5.17 Å². The van der Waals surface area contributed by atoms with Crippen LogP contribution in [0, 0.1) is 27.7 Å². The Morgan fingerprint density at radius 1 is 1.10 bits per heavy atom. The maximum Gasteiger partial charge on any atom is 0.244 e. The Kier molecular flexibility index (Phi) is 5.98. The Bertz CT molecular complexity index is 1160. The number of carbonyl (C=O) groups excluding carboxylic acids is 1. The quantitative estimate of drug-likeness (QED) is 0.767. The Morgan fingerprint density at radius 3 is 2.35 bits per heavy atom. The third-order valence-corrected chi connectivity index (χ3v) is 9.21. The lowest BCUT2D eigenvalue weighted by molar-refractivity contribution is -0.123. The molecule has 0 unspecified atom stereocenters. The van der Waals surface area contributed by atoms with Crippen molar-refractivity contribution in [1.29, 1.82) is 0 Å². The summed E-state index contributed by atoms with van der Waals surface area (Å²) in [4.78, 5) is 17.9. The number of hydrogen-bond donors (Lipinski definition) is 1. The van der Waals surface area contributed by atoms with E-state index in [1.54, 1.807) is 0 Å². The summed E-state index contributed by atoms with van der Waals surface area (Å²) >= 11 is 1.48. The molecule has 0 spiro atoms. The number of amidine groups is 1. The number of amides is 1. The summed E-state index contributed by atoms with van der Waals surface area (Å²) in [5, 5.41) is 3.42. The number of fused-ring (bicyclic) bond motifs is 1. The smallest absolute Gasteiger partial charge is 0.244 e. The van der Waals surface area contributed by atoms with Crippen LogP contribution >= 0.6 is 11.8 Å². The molecule has 0 bridgehead atoms. The number of benzene rings is 2. The van der Waals surface area contributed by atoms with Crippen LogP contribution < -0.4 is 5.32 Å². The fourth-order valence-electron chi connectivity index (χ4n) is 4.26. The molecular weight excluding hydrogens is 430 g/mol. The molecular formula is C23H27N3O3S2. The van der Waals surface area contributed by atoms with E-state index in [4.69, 9.17) is 0 Å². The van der Waals surface area contributed by atoms with Crippen molar-refractivity contribution in [1.82, 2.24) is 9.62 Å². The van der Waals surface area contributed by atoms with E-state index in [9.17, 15) is 13.2 Å². The first-order valence-corrected chi connectivity index (χ1v) is 12.8. The minimum atomic E-state index is -3.91. The van der Waals surface area contributed by atoms with Crippen LogP contribution in [0.3, 0.4) is 0 Å². The van der Waals surface area contributed by atoms with Crippen LogP contribution in [-0.2, 0) is 27.8 Å². The van der Waals surface area contributed by atoms with Crippen molar-refractivity contribution in [3.05, 3.63) is 63.7 Å². The number of thioether (sulfide) groups is 1. The highest BCUT2D eigenvalue weighted by Gasteiger charge is 2.41. The number of rotatable bonds is 3. The standard InChI is InChI=1S/C23H27N3O3S2/c1-14-11-15(2)17(4)21(16(14)3)31(28,29)26-13-19-8-6-5-7-18(19)12-20(26)22(27)25-23-24-9-10-30-23/h5-8,11,20H,9-10,12-13H2,1-4H3,(H,24,25,27)/t20-/m1/s1. The number of aliphatic imine (C=N–C) groups is 1. The molecule has 31 heavy (non-hydrogen) atoms. The first-order chi connectivity index (χ1) is 14.7. The fraction of sp³-hybridized carbons (Fsp3) is 0.391. The Labute approximate surface area is 188 Å². The highest BCUT2D eigenvalue weighted by atomic mass is 32.2. The molecule has 8 heteroatoms. The van der Waals surface area contributed by atoms with Gasteiger partial charge in [0, 0.05) is 12.3 Å². The molecule has 0 fully saturated rings. The Hall–Kier alpha value is -2.16. The van der Waals surface area contributed by atoms with E-state index in [0.717, 1.165) is 39.1 Å². The van der Waals surface area contributed by atoms with Crippen molar-refractivity contribution < 1.29 is 13.2 Å². The molecule has 2 aliphatic rings. The third-order valence-electron chi connectivity index (χ3n) is 6.19. The second kappa shape index (κ2) is 8.41. The zero-order chi connectivity index (χ0) is 22.3. The molecule has 1 amide bonds. The summed E-state index contributed by atoms with van der Waals surface area (Å²) in [5.41, 5.74) is 5.26. The minimum Gasteiger partial charge on any atom is -0.304 e. The highest BCUT2D eigenvalue weighted by molar-refractivity contribution is 8.14. The van der Waals surface area contributed by atoms with Gasteiger partial charge in [-0.05, 0) is 67.5 Å². The molecule has 2 aliphatic heterocycles. The van der Waals surface area contributed by atoms with Crippen molar-refractivity contribution in [2.24, 2.45) is 4.99 Å². The normalized spacial score (nSPS) is 19.1. The van der Waals surface area contributed by atoms with Crippen LogP contribution in [-0.4, -0.2) is 42.1 Å². The van der Waals surface area contributed by atoms with Gasteiger partial charge in [-0.1, -0.05) is 42.1 Å². The van der Waals surface area contributed by atoms with E-state index < -0.39 is 16.1 Å². The summed E-state index contributed by atoms with van der Waals surface area (Å²) in [5.74, 6) is 0.498. The van der Waals surface area contributed by atoms with Gasteiger partial charge in [0.25, 0.3) is 0 Å². The Balaban J connectivity index is 1.80. The van der Waals surface area contributed by atoms with Gasteiger partial charge < -0.3 is 5.32 Å². The SMILES string of the molecule is Cc1cc(C)c(C)c(S(=O)(=O)N2Cc3ccccc3C[C@@H]2C(=O)NC2=NCCS2)c1C. The van der Waals surface area contributed by atoms with Gasteiger partial charge in [-0.15, -0.1) is 0 Å². The van der Waals surface area contributed by atoms with E-state index in [-0.39, 0.29) is 12.5 Å². The second-order valence-electron chi connectivity index (χ2n) is 8.15. The molecule has 164 valence electrons. The average molecular weight is 458 g/mol. The van der Waals surface area contributed by atoms with E-state index in [0.29, 0.717) is 23.0 Å². The maximum atomic E-state index is 14.0. The predicted octanol–water partition coefficient (Wildman–Crippen LogP) is 3.25. The molecule has 2 aromatic rings. The van der Waals surface area contributed by atoms with Gasteiger partial charge >= 0.3 is 0 Å². The number of aryl methyl sites for hydroxylation is 2. The molecule has 0 saturated carbocycles. The van der Waals surface area contributed by atoms with Crippen LogP contribution in [0.4, 0.5) is 0 Å². The summed E-state index contributed by atoms with van der Waals surface area (Å²) < 4.78 is 29.4. The highest BCUT2D eigenvalue weighted by Crippen LogP contribution is 2.34. The van der Waals surface area contributed by atoms with Gasteiger partial charge in [-0.25, -0.2) is 8.42 Å². The number of hydrogen-bond acceptors (Lipinski definition) is 5. The van der Waals surface area contributed by atoms with E-state index in [1.165, 1.54) is 16.1 Å². The predicted molar refractivity (Wildman–Crippen MR) is 125 cm³/mol. The van der Waals surface area contributed by atoms with Crippen molar-refractivity contribution >= 4 is 32.9 Å². The zero-order valence-corrected chi connectivity index (χ0v) is 19.9. The van der Waals surface area contributed by atoms with E-state index in [2.05, 4.69) is 10.3 Å². The average Bonchev–Trinajstić information content (AvgIpc) is 3.24. The topological polar surface area (TPSA) is 78.8 Å². The summed E-state index contributed by atoms with van der Waals surface area (Å²) in [6.45, 7) is 8.35. The molecule has 2 aromatic carbocycles. The fourth-order valence-corrected chi connectivity index (χ4v) is 7.14. The van der Waals surface area contributed by atoms with Gasteiger partial charge in [-0.2, -0.15) is 4.31 Å². The molecule has 0 radical (unpaired) electrons. The van der Waals surface area contributed by atoms with Crippen molar-refractivity contribution in [2.75, 3.05) is 12.3 Å². The van der Waals surface area contributed by atoms with Gasteiger partial charge in [0.05, 0.1) is 11.4 Å². The molecule has 4 rings (SSSR count). The number of sulfonamides is 1. The molecule has 0 saturated heterocycles. The van der Waals surface area contributed by atoms with Gasteiger partial charge in [0.2, 0.25) is 15.9 Å². The monoisotopic (exact) mass is 457 g/mol. The lowest BCUT2D eigenvalue weighted by Crippen LogP contribution is -2.53. The second-order valence-corrected chi connectivity index (χ2v) is 11.1. The third kappa shape index (κ3) is 4.04. The minimum absolute atomic E-state index is 0.169. The number of carbonyl (C=O) groups is 1. The van der Waals surface area contributed by atoms with E-state index >= 15 is 0 Å². The van der Waals surface area contributed by atoms with Crippen molar-refractivity contribution in [3.63, 3.8) is 0 Å². The van der Waals surface area contributed by atoms with Crippen LogP contribution in [0.2, 0.25) is 0 Å². The first-order valence-electron chi connectivity index (χ1n) is 10.3. The zero-order valence-electron chi connectivity index (χ0n) is 18.2. The molecule has 1 N–H and O–H groups in total. The molecule has 2 heterocycles. The van der Waals surface area contributed by atoms with Gasteiger partial charge in [0.1, 0.15) is 6.04 Å². The molecule has 0 aromatic heterocycles. The molecule has 6 nitrogen and oxygen atoms in total. The molecule has 0 aliphatic carbocycles.